The smallest absolute Gasteiger partial charge is 0.339 e. The summed E-state index contributed by atoms with van der Waals surface area (Å²) in [6.07, 6.45) is 0.412. The lowest BCUT2D eigenvalue weighted by atomic mass is 10.1. The molecule has 154 valence electrons. The van der Waals surface area contributed by atoms with Gasteiger partial charge >= 0.3 is 6.03 Å². The first-order valence-electron chi connectivity index (χ1n) is 9.22. The number of ether oxygens (including phenoxy) is 1. The highest BCUT2D eigenvalue weighted by molar-refractivity contribution is 6.30. The average Bonchev–Trinajstić information content (AvgIpc) is 3.18. The number of nitrogens with two attached hydrogens (primary N) is 1. The van der Waals surface area contributed by atoms with E-state index in [0.717, 1.165) is 22.7 Å². The van der Waals surface area contributed by atoms with Crippen LogP contribution in [0.25, 0.3) is 16.9 Å². The summed E-state index contributed by atoms with van der Waals surface area (Å²) in [6, 6.07) is 15.0. The number of primary amides is 1. The first-order valence-corrected chi connectivity index (χ1v) is 9.60. The minimum atomic E-state index is -0.957. The molecule has 2 amide bonds. The third-order valence-electron chi connectivity index (χ3n) is 4.44. The van der Waals surface area contributed by atoms with Crippen LogP contribution in [-0.4, -0.2) is 39.2 Å². The molecule has 0 bridgehead atoms. The number of amides is 2. The summed E-state index contributed by atoms with van der Waals surface area (Å²) in [7, 11) is 1.61. The van der Waals surface area contributed by atoms with Crippen molar-refractivity contribution in [3.05, 3.63) is 65.3 Å². The number of aromatic nitrogens is 2. The predicted octanol–water partition coefficient (Wildman–Crippen LogP) is 4.10. The number of hydrogen-bond donors (Lipinski definition) is 2. The van der Waals surface area contributed by atoms with Crippen LogP contribution in [0, 0.1) is 11.8 Å². The number of hydrogen-bond acceptors (Lipinski definition) is 4. The van der Waals surface area contributed by atoms with Crippen molar-refractivity contribution in [1.82, 2.24) is 14.8 Å². The molecule has 3 rings (SSSR count). The van der Waals surface area contributed by atoms with E-state index in [9.17, 15) is 10.0 Å². The maximum absolute atomic E-state index is 11.2. The van der Waals surface area contributed by atoms with Crippen molar-refractivity contribution in [2.24, 2.45) is 5.73 Å². The van der Waals surface area contributed by atoms with E-state index in [1.165, 1.54) is 0 Å². The Morgan fingerprint density at radius 1 is 1.27 bits per heavy atom. The van der Waals surface area contributed by atoms with Crippen LogP contribution in [0.2, 0.25) is 5.02 Å². The molecule has 0 aliphatic rings. The molecular formula is C22H21ClN4O3. The zero-order valence-corrected chi connectivity index (χ0v) is 17.3. The SMILES string of the molecule is CCC(C#Cc1cc(-c2ccc(Cl)cc2)n(-c2ccc(OC)cc2)n1)N(O)C(N)=O. The van der Waals surface area contributed by atoms with Crippen molar-refractivity contribution >= 4 is 17.6 Å². The van der Waals surface area contributed by atoms with E-state index in [0.29, 0.717) is 22.2 Å². The molecule has 30 heavy (non-hydrogen) atoms. The van der Waals surface area contributed by atoms with Gasteiger partial charge in [0.05, 0.1) is 18.5 Å². The van der Waals surface area contributed by atoms with Crippen molar-refractivity contribution in [3.8, 4) is 34.5 Å². The second-order valence-corrected chi connectivity index (χ2v) is 6.84. The Balaban J connectivity index is 2.05. The van der Waals surface area contributed by atoms with Crippen LogP contribution in [0.1, 0.15) is 19.0 Å². The van der Waals surface area contributed by atoms with Gasteiger partial charge in [-0.3, -0.25) is 5.21 Å². The highest BCUT2D eigenvalue weighted by Crippen LogP contribution is 2.26. The Bertz CT molecular complexity index is 1080. The van der Waals surface area contributed by atoms with Gasteiger partial charge in [0.25, 0.3) is 0 Å². The number of urea groups is 1. The molecule has 0 aliphatic heterocycles. The number of carbonyl (C=O) groups excluding carboxylic acids is 1. The minimum Gasteiger partial charge on any atom is -0.497 e. The Labute approximate surface area is 179 Å². The molecule has 1 aromatic heterocycles. The highest BCUT2D eigenvalue weighted by Gasteiger charge is 2.16. The molecule has 0 radical (unpaired) electrons. The van der Waals surface area contributed by atoms with E-state index in [-0.39, 0.29) is 0 Å². The number of rotatable bonds is 5. The molecular weight excluding hydrogens is 404 g/mol. The molecule has 0 saturated heterocycles. The van der Waals surface area contributed by atoms with E-state index in [1.54, 1.807) is 30.8 Å². The molecule has 0 aliphatic carbocycles. The van der Waals surface area contributed by atoms with Crippen LogP contribution in [0.4, 0.5) is 4.79 Å². The van der Waals surface area contributed by atoms with E-state index < -0.39 is 12.1 Å². The summed E-state index contributed by atoms with van der Waals surface area (Å²) in [5.41, 5.74) is 8.14. The lowest BCUT2D eigenvalue weighted by molar-refractivity contribution is -0.0591. The minimum absolute atomic E-state index is 0.412. The molecule has 2 aromatic carbocycles. The second kappa shape index (κ2) is 9.35. The average molecular weight is 425 g/mol. The second-order valence-electron chi connectivity index (χ2n) is 6.41. The van der Waals surface area contributed by atoms with Gasteiger partial charge in [-0.2, -0.15) is 10.2 Å². The van der Waals surface area contributed by atoms with Gasteiger partial charge < -0.3 is 10.5 Å². The molecule has 1 atom stereocenters. The van der Waals surface area contributed by atoms with Gasteiger partial charge in [0.2, 0.25) is 0 Å². The maximum atomic E-state index is 11.2. The van der Waals surface area contributed by atoms with Crippen LogP contribution >= 0.6 is 11.6 Å². The van der Waals surface area contributed by atoms with Gasteiger partial charge in [-0.05, 0) is 48.7 Å². The van der Waals surface area contributed by atoms with Gasteiger partial charge in [0.1, 0.15) is 17.5 Å². The molecule has 7 nitrogen and oxygen atoms in total. The van der Waals surface area contributed by atoms with E-state index in [2.05, 4.69) is 16.9 Å². The zero-order chi connectivity index (χ0) is 21.7. The summed E-state index contributed by atoms with van der Waals surface area (Å²) in [5, 5.41) is 15.4. The summed E-state index contributed by atoms with van der Waals surface area (Å²) < 4.78 is 6.99. The van der Waals surface area contributed by atoms with Crippen molar-refractivity contribution in [2.75, 3.05) is 7.11 Å². The normalized spacial score (nSPS) is 11.3. The van der Waals surface area contributed by atoms with Crippen LogP contribution in [0.3, 0.4) is 0 Å². The largest absolute Gasteiger partial charge is 0.497 e. The molecule has 0 fully saturated rings. The van der Waals surface area contributed by atoms with Crippen LogP contribution in [0.15, 0.2) is 54.6 Å². The Morgan fingerprint density at radius 3 is 2.50 bits per heavy atom. The van der Waals surface area contributed by atoms with Crippen molar-refractivity contribution in [2.45, 2.75) is 19.4 Å². The van der Waals surface area contributed by atoms with E-state index >= 15 is 0 Å². The van der Waals surface area contributed by atoms with E-state index in [1.807, 2.05) is 42.5 Å². The third kappa shape index (κ3) is 4.74. The Kier molecular flexibility index (Phi) is 6.62. The van der Waals surface area contributed by atoms with Crippen LogP contribution in [-0.2, 0) is 0 Å². The maximum Gasteiger partial charge on any atom is 0.339 e. The molecule has 0 saturated carbocycles. The number of nitrogens with zero attached hydrogens (tertiary/aromatic N) is 3. The van der Waals surface area contributed by atoms with Crippen LogP contribution in [0.5, 0.6) is 5.75 Å². The van der Waals surface area contributed by atoms with Gasteiger partial charge in [-0.1, -0.05) is 36.6 Å². The third-order valence-corrected chi connectivity index (χ3v) is 4.69. The Morgan fingerprint density at radius 2 is 1.93 bits per heavy atom. The monoisotopic (exact) mass is 424 g/mol. The van der Waals surface area contributed by atoms with Gasteiger partial charge in [0.15, 0.2) is 0 Å². The van der Waals surface area contributed by atoms with Gasteiger partial charge in [-0.15, -0.1) is 0 Å². The molecule has 1 unspecified atom stereocenters. The lowest BCUT2D eigenvalue weighted by Gasteiger charge is -2.17. The molecule has 1 heterocycles. The van der Waals surface area contributed by atoms with Crippen molar-refractivity contribution in [3.63, 3.8) is 0 Å². The summed E-state index contributed by atoms with van der Waals surface area (Å²) >= 11 is 6.03. The molecule has 0 spiro atoms. The van der Waals surface area contributed by atoms with Gasteiger partial charge in [-0.25, -0.2) is 9.48 Å². The number of halogens is 1. The molecule has 8 heteroatoms. The predicted molar refractivity (Wildman–Crippen MR) is 115 cm³/mol. The number of methoxy groups -OCH3 is 1. The molecule has 3 aromatic rings. The number of hydroxylamine groups is 2. The fourth-order valence-electron chi connectivity index (χ4n) is 2.84. The van der Waals surface area contributed by atoms with Crippen molar-refractivity contribution < 1.29 is 14.7 Å². The first kappa shape index (κ1) is 21.2. The summed E-state index contributed by atoms with van der Waals surface area (Å²) in [5.74, 6) is 6.50. The summed E-state index contributed by atoms with van der Waals surface area (Å²) in [4.78, 5) is 11.2. The van der Waals surface area contributed by atoms with Crippen LogP contribution < -0.4 is 10.5 Å². The first-order chi connectivity index (χ1) is 14.4. The summed E-state index contributed by atoms with van der Waals surface area (Å²) in [6.45, 7) is 1.79. The zero-order valence-electron chi connectivity index (χ0n) is 16.5. The highest BCUT2D eigenvalue weighted by atomic mass is 35.5. The van der Waals surface area contributed by atoms with Crippen molar-refractivity contribution in [1.29, 1.82) is 0 Å². The quantitative estimate of drug-likeness (QED) is 0.366. The lowest BCUT2D eigenvalue weighted by Crippen LogP contribution is -2.40. The number of carbonyl (C=O) groups is 1. The fraction of sp³-hybridized carbons (Fsp3) is 0.182. The van der Waals surface area contributed by atoms with Gasteiger partial charge in [0, 0.05) is 16.7 Å². The Hall–Kier alpha value is -3.47. The fourth-order valence-corrected chi connectivity index (χ4v) is 2.96. The number of benzene rings is 2. The topological polar surface area (TPSA) is 93.6 Å². The van der Waals surface area contributed by atoms with E-state index in [4.69, 9.17) is 22.1 Å². The molecule has 3 N–H and O–H groups in total. The standard InChI is InChI=1S/C22H21ClN4O3/c1-3-18(27(29)22(24)28)9-8-17-14-21(15-4-6-16(23)7-5-15)26(25-17)19-10-12-20(30-2)13-11-19/h4-7,10-14,18,29H,3H2,1-2H3,(H2,24,28).